The Morgan fingerprint density at radius 3 is 2.75 bits per heavy atom. The molecule has 0 fully saturated rings. The summed E-state index contributed by atoms with van der Waals surface area (Å²) in [6, 6.07) is 7.67. The Balaban J connectivity index is 2.11. The van der Waals surface area contributed by atoms with Crippen molar-refractivity contribution in [3.05, 3.63) is 48.0 Å². The lowest BCUT2D eigenvalue weighted by Gasteiger charge is -2.15. The number of likely N-dealkylation sites (N-methyl/N-ethyl adjacent to an activating group) is 1. The molecule has 1 aromatic heterocycles. The number of aliphatic imine (C=N–C) groups is 1. The predicted molar refractivity (Wildman–Crippen MR) is 87.9 cm³/mol. The Hall–Kier alpha value is -2.96. The smallest absolute Gasteiger partial charge is 0.258 e. The molecule has 124 valence electrons. The molecular formula is C17H17FN4O2. The van der Waals surface area contributed by atoms with E-state index in [-0.39, 0.29) is 11.9 Å². The number of hydrogen-bond acceptors (Lipinski definition) is 5. The van der Waals surface area contributed by atoms with Gasteiger partial charge < -0.3 is 10.5 Å². The van der Waals surface area contributed by atoms with Crippen molar-refractivity contribution in [2.75, 3.05) is 13.7 Å². The number of guanidine groups is 1. The van der Waals surface area contributed by atoms with Crippen LogP contribution in [-0.2, 0) is 4.79 Å². The molecule has 0 radical (unpaired) electrons. The zero-order chi connectivity index (χ0) is 17.3. The van der Waals surface area contributed by atoms with E-state index < -0.39 is 12.0 Å². The number of nitrogens with two attached hydrogens (primary N) is 1. The molecule has 1 aliphatic rings. The zero-order valence-corrected chi connectivity index (χ0v) is 13.4. The van der Waals surface area contributed by atoms with Gasteiger partial charge in [-0.25, -0.2) is 9.98 Å². The summed E-state index contributed by atoms with van der Waals surface area (Å²) in [5.41, 5.74) is 7.16. The fourth-order valence-electron chi connectivity index (χ4n) is 2.58. The SMILES string of the molecule is CCOc1ccc(C2N=C(N)N(C)C2=O)cc1-c1cccnc1F. The van der Waals surface area contributed by atoms with Gasteiger partial charge in [0.05, 0.1) is 6.61 Å². The topological polar surface area (TPSA) is 80.8 Å². The highest BCUT2D eigenvalue weighted by molar-refractivity contribution is 6.04. The van der Waals surface area contributed by atoms with Crippen LogP contribution in [0.2, 0.25) is 0 Å². The second-order valence-electron chi connectivity index (χ2n) is 5.32. The third-order valence-electron chi connectivity index (χ3n) is 3.84. The van der Waals surface area contributed by atoms with Crippen molar-refractivity contribution >= 4 is 11.9 Å². The van der Waals surface area contributed by atoms with Gasteiger partial charge in [-0.2, -0.15) is 4.39 Å². The minimum absolute atomic E-state index is 0.160. The summed E-state index contributed by atoms with van der Waals surface area (Å²) in [6.45, 7) is 2.28. The van der Waals surface area contributed by atoms with Crippen molar-refractivity contribution in [3.8, 4) is 16.9 Å². The van der Waals surface area contributed by atoms with Crippen LogP contribution >= 0.6 is 0 Å². The van der Waals surface area contributed by atoms with Crippen molar-refractivity contribution < 1.29 is 13.9 Å². The number of amides is 1. The van der Waals surface area contributed by atoms with Crippen molar-refractivity contribution in [3.63, 3.8) is 0 Å². The number of benzene rings is 1. The number of carbonyl (C=O) groups excluding carboxylic acids is 1. The number of hydrogen-bond donors (Lipinski definition) is 1. The van der Waals surface area contributed by atoms with Gasteiger partial charge in [0.2, 0.25) is 5.95 Å². The number of nitrogens with zero attached hydrogens (tertiary/aromatic N) is 3. The highest BCUT2D eigenvalue weighted by Gasteiger charge is 2.32. The van der Waals surface area contributed by atoms with Crippen LogP contribution in [0, 0.1) is 5.95 Å². The number of halogens is 1. The number of pyridine rings is 1. The quantitative estimate of drug-likeness (QED) is 0.872. The Morgan fingerprint density at radius 2 is 2.12 bits per heavy atom. The number of aromatic nitrogens is 1. The lowest BCUT2D eigenvalue weighted by Crippen LogP contribution is -2.34. The summed E-state index contributed by atoms with van der Waals surface area (Å²) in [5, 5.41) is 0. The summed E-state index contributed by atoms with van der Waals surface area (Å²) in [7, 11) is 1.57. The molecule has 1 unspecified atom stereocenters. The molecule has 3 rings (SSSR count). The molecule has 0 spiro atoms. The summed E-state index contributed by atoms with van der Waals surface area (Å²) >= 11 is 0. The highest BCUT2D eigenvalue weighted by Crippen LogP contribution is 2.35. The van der Waals surface area contributed by atoms with Crippen LogP contribution in [0.15, 0.2) is 41.5 Å². The summed E-state index contributed by atoms with van der Waals surface area (Å²) in [6.07, 6.45) is 1.38. The molecule has 1 amide bonds. The van der Waals surface area contributed by atoms with Gasteiger partial charge in [-0.05, 0) is 36.8 Å². The van der Waals surface area contributed by atoms with Crippen LogP contribution < -0.4 is 10.5 Å². The van der Waals surface area contributed by atoms with Crippen molar-refractivity contribution in [2.24, 2.45) is 10.7 Å². The predicted octanol–water partition coefficient (Wildman–Crippen LogP) is 2.11. The molecule has 0 bridgehead atoms. The molecule has 2 N–H and O–H groups in total. The summed E-state index contributed by atoms with van der Waals surface area (Å²) in [4.78, 5) is 21.4. The van der Waals surface area contributed by atoms with Crippen molar-refractivity contribution in [2.45, 2.75) is 13.0 Å². The van der Waals surface area contributed by atoms with Crippen LogP contribution in [0.4, 0.5) is 4.39 Å². The van der Waals surface area contributed by atoms with Gasteiger partial charge in [-0.1, -0.05) is 6.07 Å². The Labute approximate surface area is 138 Å². The number of carbonyl (C=O) groups is 1. The first-order chi connectivity index (χ1) is 11.5. The third kappa shape index (κ3) is 2.68. The second-order valence-corrected chi connectivity index (χ2v) is 5.32. The van der Waals surface area contributed by atoms with E-state index >= 15 is 0 Å². The van der Waals surface area contributed by atoms with E-state index in [9.17, 15) is 9.18 Å². The summed E-state index contributed by atoms with van der Waals surface area (Å²) < 4.78 is 19.7. The molecule has 0 saturated carbocycles. The molecule has 1 aliphatic heterocycles. The first kappa shape index (κ1) is 15.9. The lowest BCUT2D eigenvalue weighted by molar-refractivity contribution is -0.126. The first-order valence-electron chi connectivity index (χ1n) is 7.51. The Morgan fingerprint density at radius 1 is 1.33 bits per heavy atom. The Bertz CT molecular complexity index is 822. The number of rotatable bonds is 4. The fourth-order valence-corrected chi connectivity index (χ4v) is 2.58. The lowest BCUT2D eigenvalue weighted by atomic mass is 9.99. The molecule has 0 saturated heterocycles. The summed E-state index contributed by atoms with van der Waals surface area (Å²) in [5.74, 6) is -0.153. The highest BCUT2D eigenvalue weighted by atomic mass is 19.1. The molecule has 24 heavy (non-hydrogen) atoms. The van der Waals surface area contributed by atoms with Gasteiger partial charge in [0.1, 0.15) is 5.75 Å². The van der Waals surface area contributed by atoms with Crippen LogP contribution in [0.5, 0.6) is 5.75 Å². The Kier molecular flexibility index (Phi) is 4.16. The first-order valence-corrected chi connectivity index (χ1v) is 7.51. The van der Waals surface area contributed by atoms with Crippen LogP contribution in [-0.4, -0.2) is 35.4 Å². The van der Waals surface area contributed by atoms with Gasteiger partial charge in [0.25, 0.3) is 5.91 Å². The molecular weight excluding hydrogens is 311 g/mol. The van der Waals surface area contributed by atoms with Gasteiger partial charge >= 0.3 is 0 Å². The average Bonchev–Trinajstić information content (AvgIpc) is 2.84. The van der Waals surface area contributed by atoms with Crippen molar-refractivity contribution in [1.82, 2.24) is 9.88 Å². The van der Waals surface area contributed by atoms with Gasteiger partial charge in [-0.15, -0.1) is 0 Å². The largest absolute Gasteiger partial charge is 0.493 e. The van der Waals surface area contributed by atoms with Gasteiger partial charge in [-0.3, -0.25) is 9.69 Å². The third-order valence-corrected chi connectivity index (χ3v) is 3.84. The molecule has 6 nitrogen and oxygen atoms in total. The molecule has 0 aliphatic carbocycles. The van der Waals surface area contributed by atoms with Crippen molar-refractivity contribution in [1.29, 1.82) is 0 Å². The number of ether oxygens (including phenoxy) is 1. The average molecular weight is 328 g/mol. The van der Waals surface area contributed by atoms with E-state index in [1.54, 1.807) is 37.4 Å². The molecule has 2 aromatic rings. The molecule has 1 atom stereocenters. The fraction of sp³-hybridized carbons (Fsp3) is 0.235. The molecule has 2 heterocycles. The van der Waals surface area contributed by atoms with Crippen LogP contribution in [0.1, 0.15) is 18.5 Å². The monoisotopic (exact) mass is 328 g/mol. The van der Waals surface area contributed by atoms with E-state index in [1.807, 2.05) is 6.92 Å². The van der Waals surface area contributed by atoms with Gasteiger partial charge in [0, 0.05) is 24.4 Å². The van der Waals surface area contributed by atoms with E-state index in [1.165, 1.54) is 11.1 Å². The second kappa shape index (κ2) is 6.27. The maximum Gasteiger partial charge on any atom is 0.258 e. The minimum Gasteiger partial charge on any atom is -0.493 e. The van der Waals surface area contributed by atoms with Gasteiger partial charge in [0.15, 0.2) is 12.0 Å². The molecule has 7 heteroatoms. The maximum atomic E-state index is 14.1. The van der Waals surface area contributed by atoms with Crippen LogP contribution in [0.3, 0.4) is 0 Å². The van der Waals surface area contributed by atoms with E-state index in [0.29, 0.717) is 29.0 Å². The van der Waals surface area contributed by atoms with E-state index in [4.69, 9.17) is 10.5 Å². The van der Waals surface area contributed by atoms with E-state index in [2.05, 4.69) is 9.98 Å². The zero-order valence-electron chi connectivity index (χ0n) is 13.4. The normalized spacial score (nSPS) is 17.1. The van der Waals surface area contributed by atoms with Crippen LogP contribution in [0.25, 0.3) is 11.1 Å². The molecule has 1 aromatic carbocycles. The minimum atomic E-state index is -0.732. The van der Waals surface area contributed by atoms with E-state index in [0.717, 1.165) is 0 Å². The standard InChI is InChI=1S/C17H17FN4O2/c1-3-24-13-7-6-10(14-16(23)22(2)17(19)21-14)9-12(13)11-5-4-8-20-15(11)18/h4-9,14H,3H2,1-2H3,(H2,19,21). The maximum absolute atomic E-state index is 14.1.